The highest BCUT2D eigenvalue weighted by molar-refractivity contribution is 7.89. The second-order valence-corrected chi connectivity index (χ2v) is 9.85. The number of nitrogens with zero attached hydrogens (tertiary/aromatic N) is 1. The quantitative estimate of drug-likeness (QED) is 0.566. The molecule has 8 nitrogen and oxygen atoms in total. The van der Waals surface area contributed by atoms with Crippen LogP contribution in [0.3, 0.4) is 0 Å². The molecule has 1 N–H and O–H groups in total. The van der Waals surface area contributed by atoms with Crippen LogP contribution >= 0.6 is 0 Å². The maximum absolute atomic E-state index is 13.3. The molecule has 1 heterocycles. The van der Waals surface area contributed by atoms with Crippen molar-refractivity contribution in [3.05, 3.63) is 54.1 Å². The normalized spacial score (nSPS) is 16.4. The number of sulfonamides is 1. The lowest BCUT2D eigenvalue weighted by Crippen LogP contribution is -2.42. The highest BCUT2D eigenvalue weighted by Crippen LogP contribution is 2.36. The third kappa shape index (κ3) is 6.12. The highest BCUT2D eigenvalue weighted by Gasteiger charge is 2.40. The number of anilines is 1. The van der Waals surface area contributed by atoms with E-state index in [4.69, 9.17) is 9.47 Å². The zero-order valence-corrected chi connectivity index (χ0v) is 19.9. The maximum Gasteiger partial charge on any atom is 0.417 e. The number of carbonyl (C=O) groups is 2. The number of piperidine rings is 1. The van der Waals surface area contributed by atoms with Crippen molar-refractivity contribution in [2.45, 2.75) is 36.9 Å². The molecular formula is C23H25F3N2O6S. The first kappa shape index (κ1) is 26.5. The monoisotopic (exact) mass is 514 g/mol. The Labute approximate surface area is 201 Å². The second-order valence-electron chi connectivity index (χ2n) is 7.94. The molecule has 2 aromatic rings. The van der Waals surface area contributed by atoms with Gasteiger partial charge in [-0.3, -0.25) is 9.59 Å². The van der Waals surface area contributed by atoms with E-state index in [0.717, 1.165) is 16.4 Å². The summed E-state index contributed by atoms with van der Waals surface area (Å²) in [4.78, 5) is 24.2. The molecule has 190 valence electrons. The van der Waals surface area contributed by atoms with Crippen LogP contribution in [0.15, 0.2) is 53.4 Å². The first-order valence-corrected chi connectivity index (χ1v) is 12.2. The maximum atomic E-state index is 13.3. The molecule has 3 rings (SSSR count). The molecule has 1 fully saturated rings. The van der Waals surface area contributed by atoms with E-state index in [1.54, 1.807) is 24.3 Å². The Morgan fingerprint density at radius 3 is 2.29 bits per heavy atom. The SMILES string of the molecule is COc1ccccc1NC(=O)[C@@H](C)OC(=O)C1CCN(S(=O)(=O)c2ccccc2C(F)(F)F)CC1. The summed E-state index contributed by atoms with van der Waals surface area (Å²) < 4.78 is 77.0. The Kier molecular flexibility index (Phi) is 8.06. The molecule has 0 radical (unpaired) electrons. The van der Waals surface area contributed by atoms with Crippen LogP contribution in [0.2, 0.25) is 0 Å². The number of carbonyl (C=O) groups excluding carboxylic acids is 2. The summed E-state index contributed by atoms with van der Waals surface area (Å²) in [6.07, 6.45) is -5.86. The molecule has 2 aromatic carbocycles. The third-order valence-corrected chi connectivity index (χ3v) is 7.58. The molecule has 1 aliphatic rings. The van der Waals surface area contributed by atoms with Gasteiger partial charge in [-0.1, -0.05) is 24.3 Å². The van der Waals surface area contributed by atoms with Crippen LogP contribution in [0, 0.1) is 5.92 Å². The van der Waals surface area contributed by atoms with Crippen LogP contribution in [0.25, 0.3) is 0 Å². The van der Waals surface area contributed by atoms with Crippen molar-refractivity contribution in [1.29, 1.82) is 0 Å². The van der Waals surface area contributed by atoms with Crippen molar-refractivity contribution in [3.8, 4) is 5.75 Å². The number of esters is 1. The van der Waals surface area contributed by atoms with Gasteiger partial charge in [-0.2, -0.15) is 17.5 Å². The van der Waals surface area contributed by atoms with E-state index in [9.17, 15) is 31.2 Å². The predicted octanol–water partition coefficient (Wildman–Crippen LogP) is 3.69. The summed E-state index contributed by atoms with van der Waals surface area (Å²) >= 11 is 0. The molecule has 1 aliphatic heterocycles. The number of hydrogen-bond donors (Lipinski definition) is 1. The number of para-hydroxylation sites is 2. The van der Waals surface area contributed by atoms with E-state index in [2.05, 4.69) is 5.32 Å². The van der Waals surface area contributed by atoms with Crippen LogP contribution in [-0.2, 0) is 30.5 Å². The van der Waals surface area contributed by atoms with E-state index in [1.165, 1.54) is 20.1 Å². The van der Waals surface area contributed by atoms with Gasteiger partial charge < -0.3 is 14.8 Å². The molecule has 12 heteroatoms. The summed E-state index contributed by atoms with van der Waals surface area (Å²) in [6.45, 7) is 1.09. The van der Waals surface area contributed by atoms with Gasteiger partial charge in [-0.15, -0.1) is 0 Å². The van der Waals surface area contributed by atoms with Crippen molar-refractivity contribution >= 4 is 27.6 Å². The van der Waals surface area contributed by atoms with Gasteiger partial charge in [0.25, 0.3) is 5.91 Å². The Morgan fingerprint density at radius 1 is 1.06 bits per heavy atom. The van der Waals surface area contributed by atoms with Gasteiger partial charge in [-0.25, -0.2) is 8.42 Å². The molecule has 1 atom stereocenters. The average molecular weight is 515 g/mol. The zero-order chi connectivity index (χ0) is 25.8. The molecule has 0 spiro atoms. The van der Waals surface area contributed by atoms with E-state index < -0.39 is 50.6 Å². The number of alkyl halides is 3. The summed E-state index contributed by atoms with van der Waals surface area (Å²) in [6, 6.07) is 10.7. The minimum atomic E-state index is -4.83. The van der Waals surface area contributed by atoms with Crippen molar-refractivity contribution in [2.24, 2.45) is 5.92 Å². The van der Waals surface area contributed by atoms with Crippen LogP contribution in [0.5, 0.6) is 5.75 Å². The average Bonchev–Trinajstić information content (AvgIpc) is 2.83. The molecular weight excluding hydrogens is 489 g/mol. The largest absolute Gasteiger partial charge is 0.495 e. The predicted molar refractivity (Wildman–Crippen MR) is 120 cm³/mol. The Balaban J connectivity index is 1.60. The number of amides is 1. The highest BCUT2D eigenvalue weighted by atomic mass is 32.2. The summed E-state index contributed by atoms with van der Waals surface area (Å²) in [5.41, 5.74) is -0.836. The van der Waals surface area contributed by atoms with Gasteiger partial charge in [0.1, 0.15) is 5.75 Å². The Morgan fingerprint density at radius 2 is 1.66 bits per heavy atom. The number of rotatable bonds is 7. The number of halogens is 3. The molecule has 0 bridgehead atoms. The van der Waals surface area contributed by atoms with Gasteiger partial charge in [0.2, 0.25) is 10.0 Å². The van der Waals surface area contributed by atoms with Gasteiger partial charge in [0.05, 0.1) is 29.2 Å². The van der Waals surface area contributed by atoms with Gasteiger partial charge >= 0.3 is 12.1 Å². The Hall–Kier alpha value is -3.12. The van der Waals surface area contributed by atoms with Crippen LogP contribution < -0.4 is 10.1 Å². The first-order chi connectivity index (χ1) is 16.4. The molecule has 35 heavy (non-hydrogen) atoms. The molecule has 0 aliphatic carbocycles. The zero-order valence-electron chi connectivity index (χ0n) is 19.0. The lowest BCUT2D eigenvalue weighted by atomic mass is 9.98. The molecule has 0 aromatic heterocycles. The lowest BCUT2D eigenvalue weighted by molar-refractivity contribution is -0.158. The number of methoxy groups -OCH3 is 1. The van der Waals surface area contributed by atoms with Gasteiger partial charge in [-0.05, 0) is 44.0 Å². The number of hydrogen-bond acceptors (Lipinski definition) is 6. The summed E-state index contributed by atoms with van der Waals surface area (Å²) in [5.74, 6) is -1.52. The van der Waals surface area contributed by atoms with Crippen LogP contribution in [0.1, 0.15) is 25.3 Å². The van der Waals surface area contributed by atoms with Gasteiger partial charge in [0.15, 0.2) is 6.10 Å². The van der Waals surface area contributed by atoms with Crippen LogP contribution in [0.4, 0.5) is 18.9 Å². The molecule has 0 unspecified atom stereocenters. The topological polar surface area (TPSA) is 102 Å². The minimum Gasteiger partial charge on any atom is -0.495 e. The van der Waals surface area contributed by atoms with E-state index >= 15 is 0 Å². The van der Waals surface area contributed by atoms with Crippen molar-refractivity contribution in [2.75, 3.05) is 25.5 Å². The number of benzene rings is 2. The first-order valence-electron chi connectivity index (χ1n) is 10.8. The third-order valence-electron chi connectivity index (χ3n) is 5.62. The fourth-order valence-electron chi connectivity index (χ4n) is 3.70. The van der Waals surface area contributed by atoms with Crippen LogP contribution in [-0.4, -0.2) is 50.9 Å². The van der Waals surface area contributed by atoms with E-state index in [0.29, 0.717) is 17.5 Å². The molecule has 1 saturated heterocycles. The van der Waals surface area contributed by atoms with Crippen molar-refractivity contribution in [1.82, 2.24) is 4.31 Å². The molecule has 1 amide bonds. The fourth-order valence-corrected chi connectivity index (χ4v) is 5.38. The van der Waals surface area contributed by atoms with Crippen molar-refractivity contribution in [3.63, 3.8) is 0 Å². The standard InChI is InChI=1S/C23H25F3N2O6S/c1-15(21(29)27-18-8-4-5-9-19(18)33-2)34-22(30)16-11-13-28(14-12-16)35(31,32)20-10-6-3-7-17(20)23(24,25)26/h3-10,15-16H,11-14H2,1-2H3,(H,27,29)/t15-/m1/s1. The Bertz CT molecular complexity index is 1180. The fraction of sp³-hybridized carbons (Fsp3) is 0.391. The number of ether oxygens (including phenoxy) is 2. The minimum absolute atomic E-state index is 0.0487. The summed E-state index contributed by atoms with van der Waals surface area (Å²) in [5, 5.41) is 2.61. The molecule has 0 saturated carbocycles. The van der Waals surface area contributed by atoms with Crippen molar-refractivity contribution < 1.29 is 40.7 Å². The van der Waals surface area contributed by atoms with E-state index in [-0.39, 0.29) is 25.9 Å². The number of nitrogens with one attached hydrogen (secondary N) is 1. The summed E-state index contributed by atoms with van der Waals surface area (Å²) in [7, 11) is -2.97. The smallest absolute Gasteiger partial charge is 0.417 e. The lowest BCUT2D eigenvalue weighted by Gasteiger charge is -2.31. The second kappa shape index (κ2) is 10.6. The van der Waals surface area contributed by atoms with E-state index in [1.807, 2.05) is 0 Å². The van der Waals surface area contributed by atoms with Gasteiger partial charge in [0, 0.05) is 13.1 Å².